The average Bonchev–Trinajstić information content (AvgIpc) is 2.34. The molecule has 0 fully saturated rings. The molecule has 94 valence electrons. The van der Waals surface area contributed by atoms with Gasteiger partial charge in [0, 0.05) is 16.8 Å². The molecular weight excluding hydrogens is 242 g/mol. The predicted octanol–water partition coefficient (Wildman–Crippen LogP) is 5.13. The van der Waals surface area contributed by atoms with E-state index < -0.39 is 0 Å². The lowest BCUT2D eigenvalue weighted by molar-refractivity contribution is 0.883. The highest BCUT2D eigenvalue weighted by Gasteiger charge is 2.06. The molecule has 2 aromatic carbocycles. The topological polar surface area (TPSA) is 12.0 Å². The summed E-state index contributed by atoms with van der Waals surface area (Å²) in [5.41, 5.74) is 4.72. The van der Waals surface area contributed by atoms with Crippen molar-refractivity contribution < 1.29 is 0 Å². The van der Waals surface area contributed by atoms with Crippen molar-refractivity contribution >= 4 is 17.3 Å². The van der Waals surface area contributed by atoms with Crippen LogP contribution < -0.4 is 5.32 Å². The van der Waals surface area contributed by atoms with Gasteiger partial charge in [-0.15, -0.1) is 0 Å². The van der Waals surface area contributed by atoms with Gasteiger partial charge in [-0.1, -0.05) is 47.5 Å². The van der Waals surface area contributed by atoms with Crippen LogP contribution in [0.5, 0.6) is 0 Å². The van der Waals surface area contributed by atoms with Gasteiger partial charge in [0.1, 0.15) is 0 Å². The molecule has 0 aliphatic rings. The van der Waals surface area contributed by atoms with E-state index in [-0.39, 0.29) is 6.04 Å². The number of anilines is 1. The Morgan fingerprint density at radius 1 is 1.06 bits per heavy atom. The predicted molar refractivity (Wildman–Crippen MR) is 79.4 cm³/mol. The first kappa shape index (κ1) is 13.0. The zero-order valence-corrected chi connectivity index (χ0v) is 11.8. The molecule has 0 radical (unpaired) electrons. The first-order valence-electron chi connectivity index (χ1n) is 6.15. The summed E-state index contributed by atoms with van der Waals surface area (Å²) in [5.74, 6) is 0. The number of hydrogen-bond donors (Lipinski definition) is 1. The van der Waals surface area contributed by atoms with Crippen LogP contribution in [-0.4, -0.2) is 0 Å². The molecule has 2 aromatic rings. The standard InChI is InChI=1S/C16H18ClN/c1-11-5-4-6-14(9-11)13(3)18-15-8-7-12(2)16(17)10-15/h4-10,13,18H,1-3H3. The third-order valence-electron chi connectivity index (χ3n) is 3.10. The van der Waals surface area contributed by atoms with Gasteiger partial charge in [0.25, 0.3) is 0 Å². The molecule has 0 saturated carbocycles. The molecule has 0 aromatic heterocycles. The summed E-state index contributed by atoms with van der Waals surface area (Å²) in [6.45, 7) is 6.28. The summed E-state index contributed by atoms with van der Waals surface area (Å²) in [6, 6.07) is 14.9. The van der Waals surface area contributed by atoms with Crippen molar-refractivity contribution in [3.05, 3.63) is 64.2 Å². The van der Waals surface area contributed by atoms with E-state index in [2.05, 4.69) is 49.5 Å². The Balaban J connectivity index is 2.16. The van der Waals surface area contributed by atoms with Gasteiger partial charge in [0.2, 0.25) is 0 Å². The zero-order valence-electron chi connectivity index (χ0n) is 11.0. The van der Waals surface area contributed by atoms with Crippen LogP contribution in [0.4, 0.5) is 5.69 Å². The van der Waals surface area contributed by atoms with Crippen molar-refractivity contribution in [2.75, 3.05) is 5.32 Å². The fraction of sp³-hybridized carbons (Fsp3) is 0.250. The van der Waals surface area contributed by atoms with E-state index in [1.807, 2.05) is 19.1 Å². The maximum Gasteiger partial charge on any atom is 0.0485 e. The van der Waals surface area contributed by atoms with Crippen molar-refractivity contribution in [2.24, 2.45) is 0 Å². The third kappa shape index (κ3) is 3.05. The van der Waals surface area contributed by atoms with Crippen LogP contribution in [0.15, 0.2) is 42.5 Å². The molecule has 0 amide bonds. The quantitative estimate of drug-likeness (QED) is 0.806. The molecule has 0 spiro atoms. The highest BCUT2D eigenvalue weighted by Crippen LogP contribution is 2.24. The number of aryl methyl sites for hydroxylation is 2. The lowest BCUT2D eigenvalue weighted by atomic mass is 10.1. The van der Waals surface area contributed by atoms with Crippen molar-refractivity contribution in [2.45, 2.75) is 26.8 Å². The number of hydrogen-bond acceptors (Lipinski definition) is 1. The molecule has 0 aliphatic heterocycles. The van der Waals surface area contributed by atoms with E-state index in [0.717, 1.165) is 16.3 Å². The van der Waals surface area contributed by atoms with Crippen molar-refractivity contribution in [1.29, 1.82) is 0 Å². The summed E-state index contributed by atoms with van der Waals surface area (Å²) in [4.78, 5) is 0. The highest BCUT2D eigenvalue weighted by molar-refractivity contribution is 6.31. The van der Waals surface area contributed by atoms with E-state index in [1.54, 1.807) is 0 Å². The van der Waals surface area contributed by atoms with E-state index in [9.17, 15) is 0 Å². The summed E-state index contributed by atoms with van der Waals surface area (Å²) in [5, 5.41) is 4.27. The molecule has 0 heterocycles. The van der Waals surface area contributed by atoms with Gasteiger partial charge >= 0.3 is 0 Å². The summed E-state index contributed by atoms with van der Waals surface area (Å²) >= 11 is 6.13. The van der Waals surface area contributed by atoms with Gasteiger partial charge in [0.15, 0.2) is 0 Å². The molecule has 0 saturated heterocycles. The Morgan fingerprint density at radius 2 is 1.83 bits per heavy atom. The lowest BCUT2D eigenvalue weighted by Gasteiger charge is -2.16. The maximum absolute atomic E-state index is 6.13. The zero-order chi connectivity index (χ0) is 13.1. The number of rotatable bonds is 3. The van der Waals surface area contributed by atoms with Crippen LogP contribution in [0.1, 0.15) is 29.7 Å². The van der Waals surface area contributed by atoms with Gasteiger partial charge in [-0.25, -0.2) is 0 Å². The minimum absolute atomic E-state index is 0.267. The largest absolute Gasteiger partial charge is 0.378 e. The highest BCUT2D eigenvalue weighted by atomic mass is 35.5. The van der Waals surface area contributed by atoms with Crippen LogP contribution in [0, 0.1) is 13.8 Å². The van der Waals surface area contributed by atoms with Crippen molar-refractivity contribution in [3.8, 4) is 0 Å². The number of halogens is 1. The molecule has 0 bridgehead atoms. The molecular formula is C16H18ClN. The van der Waals surface area contributed by atoms with Gasteiger partial charge in [0.05, 0.1) is 0 Å². The summed E-state index contributed by atoms with van der Waals surface area (Å²) in [6.07, 6.45) is 0. The second kappa shape index (κ2) is 5.45. The minimum Gasteiger partial charge on any atom is -0.378 e. The normalized spacial score (nSPS) is 12.2. The molecule has 1 N–H and O–H groups in total. The van der Waals surface area contributed by atoms with E-state index >= 15 is 0 Å². The molecule has 1 unspecified atom stereocenters. The summed E-state index contributed by atoms with van der Waals surface area (Å²) < 4.78 is 0. The summed E-state index contributed by atoms with van der Waals surface area (Å²) in [7, 11) is 0. The van der Waals surface area contributed by atoms with E-state index in [4.69, 9.17) is 11.6 Å². The molecule has 1 nitrogen and oxygen atoms in total. The first-order chi connectivity index (χ1) is 8.56. The van der Waals surface area contributed by atoms with E-state index in [1.165, 1.54) is 11.1 Å². The van der Waals surface area contributed by atoms with Crippen LogP contribution in [0.3, 0.4) is 0 Å². The fourth-order valence-corrected chi connectivity index (χ4v) is 2.14. The Kier molecular flexibility index (Phi) is 3.93. The first-order valence-corrected chi connectivity index (χ1v) is 6.53. The second-order valence-electron chi connectivity index (χ2n) is 4.74. The van der Waals surface area contributed by atoms with Crippen LogP contribution >= 0.6 is 11.6 Å². The van der Waals surface area contributed by atoms with Crippen LogP contribution in [0.2, 0.25) is 5.02 Å². The van der Waals surface area contributed by atoms with Gasteiger partial charge in [-0.05, 0) is 44.0 Å². The lowest BCUT2D eigenvalue weighted by Crippen LogP contribution is -2.06. The fourth-order valence-electron chi connectivity index (χ4n) is 1.96. The minimum atomic E-state index is 0.267. The molecule has 2 heteroatoms. The second-order valence-corrected chi connectivity index (χ2v) is 5.15. The number of nitrogens with one attached hydrogen (secondary N) is 1. The molecule has 2 rings (SSSR count). The molecule has 1 atom stereocenters. The number of benzene rings is 2. The van der Waals surface area contributed by atoms with Crippen molar-refractivity contribution in [3.63, 3.8) is 0 Å². The molecule has 0 aliphatic carbocycles. The van der Waals surface area contributed by atoms with Crippen molar-refractivity contribution in [1.82, 2.24) is 0 Å². The van der Waals surface area contributed by atoms with Crippen LogP contribution in [0.25, 0.3) is 0 Å². The van der Waals surface area contributed by atoms with Gasteiger partial charge < -0.3 is 5.32 Å². The smallest absolute Gasteiger partial charge is 0.0485 e. The van der Waals surface area contributed by atoms with E-state index in [0.29, 0.717) is 0 Å². The Hall–Kier alpha value is -1.47. The molecule has 18 heavy (non-hydrogen) atoms. The maximum atomic E-state index is 6.13. The Morgan fingerprint density at radius 3 is 2.50 bits per heavy atom. The van der Waals surface area contributed by atoms with Crippen LogP contribution in [-0.2, 0) is 0 Å². The van der Waals surface area contributed by atoms with Gasteiger partial charge in [-0.2, -0.15) is 0 Å². The Bertz CT molecular complexity index is 549. The monoisotopic (exact) mass is 259 g/mol. The average molecular weight is 260 g/mol. The van der Waals surface area contributed by atoms with Gasteiger partial charge in [-0.3, -0.25) is 0 Å². The third-order valence-corrected chi connectivity index (χ3v) is 3.50. The SMILES string of the molecule is Cc1cccc(C(C)Nc2ccc(C)c(Cl)c2)c1. The Labute approximate surface area is 114 Å².